The number of anilines is 2. The summed E-state index contributed by atoms with van der Waals surface area (Å²) in [7, 11) is 0. The monoisotopic (exact) mass is 460 g/mol. The Kier molecular flexibility index (Phi) is 7.14. The van der Waals surface area contributed by atoms with Gasteiger partial charge in [-0.25, -0.2) is 4.39 Å². The van der Waals surface area contributed by atoms with Crippen molar-refractivity contribution in [2.24, 2.45) is 5.41 Å². The molecule has 1 aliphatic heterocycles. The topological polar surface area (TPSA) is 41.6 Å². The lowest BCUT2D eigenvalue weighted by Gasteiger charge is -2.28. The molecular weight excluding hydrogens is 431 g/mol. The summed E-state index contributed by atoms with van der Waals surface area (Å²) >= 11 is 3.27. The molecule has 0 amide bonds. The molecule has 4 rings (SSSR count). The van der Waals surface area contributed by atoms with E-state index in [4.69, 9.17) is 4.74 Å². The van der Waals surface area contributed by atoms with E-state index in [-0.39, 0.29) is 11.2 Å². The standard InChI is InChI=1S/C24H29FN2O2S2/c1-3-4-5-18-14-27(19-8-6-17(25)7-9-19)20-12-23(30-2)21(13-22(20)31-26-18)29-16-24(15-28)10-11-24/h6-9,12-13,15,18,26H,3-5,10-11,14,16H2,1-2H3. The highest BCUT2D eigenvalue weighted by molar-refractivity contribution is 7.98. The van der Waals surface area contributed by atoms with Crippen molar-refractivity contribution in [3.63, 3.8) is 0 Å². The Balaban J connectivity index is 1.67. The maximum absolute atomic E-state index is 13.6. The normalized spacial score (nSPS) is 19.5. The number of carbonyl (C=O) groups is 1. The van der Waals surface area contributed by atoms with Crippen molar-refractivity contribution >= 4 is 41.4 Å². The molecule has 166 valence electrons. The molecule has 0 saturated heterocycles. The van der Waals surface area contributed by atoms with Crippen molar-refractivity contribution in [1.29, 1.82) is 0 Å². The average Bonchev–Trinajstić information content (AvgIpc) is 3.60. The maximum atomic E-state index is 13.6. The molecule has 7 heteroatoms. The van der Waals surface area contributed by atoms with Gasteiger partial charge in [0.1, 0.15) is 24.5 Å². The molecule has 4 nitrogen and oxygen atoms in total. The van der Waals surface area contributed by atoms with Gasteiger partial charge < -0.3 is 14.4 Å². The second-order valence-corrected chi connectivity index (χ2v) is 10.1. The zero-order valence-corrected chi connectivity index (χ0v) is 19.7. The molecule has 1 fully saturated rings. The molecule has 0 bridgehead atoms. The number of nitrogens with one attached hydrogen (secondary N) is 1. The molecule has 2 aromatic carbocycles. The van der Waals surface area contributed by atoms with Gasteiger partial charge in [-0.2, -0.15) is 0 Å². The lowest BCUT2D eigenvalue weighted by atomic mass is 10.1. The Hall–Kier alpha value is -1.70. The van der Waals surface area contributed by atoms with Gasteiger partial charge in [0.15, 0.2) is 0 Å². The van der Waals surface area contributed by atoms with Crippen LogP contribution in [-0.4, -0.2) is 31.7 Å². The third-order valence-electron chi connectivity index (χ3n) is 5.98. The van der Waals surface area contributed by atoms with Crippen molar-refractivity contribution < 1.29 is 13.9 Å². The number of aldehydes is 1. The first-order valence-electron chi connectivity index (χ1n) is 10.8. The van der Waals surface area contributed by atoms with Crippen LogP contribution >= 0.6 is 23.7 Å². The quantitative estimate of drug-likeness (QED) is 0.272. The van der Waals surface area contributed by atoms with Gasteiger partial charge in [0.25, 0.3) is 0 Å². The minimum atomic E-state index is -0.292. The number of carbonyl (C=O) groups excluding carboxylic acids is 1. The number of benzene rings is 2. The Morgan fingerprint density at radius 3 is 2.74 bits per heavy atom. The van der Waals surface area contributed by atoms with E-state index in [0.29, 0.717) is 12.6 Å². The number of halogens is 1. The predicted molar refractivity (Wildman–Crippen MR) is 127 cm³/mol. The van der Waals surface area contributed by atoms with Crippen LogP contribution in [0.5, 0.6) is 5.75 Å². The lowest BCUT2D eigenvalue weighted by molar-refractivity contribution is -0.113. The minimum Gasteiger partial charge on any atom is -0.491 e. The molecular formula is C24H29FN2O2S2. The third kappa shape index (κ3) is 5.21. The molecule has 1 atom stereocenters. The fraction of sp³-hybridized carbons (Fsp3) is 0.458. The van der Waals surface area contributed by atoms with E-state index in [2.05, 4.69) is 28.7 Å². The third-order valence-corrected chi connectivity index (χ3v) is 7.73. The Morgan fingerprint density at radius 2 is 2.10 bits per heavy atom. The van der Waals surface area contributed by atoms with Gasteiger partial charge in [0, 0.05) is 18.3 Å². The highest BCUT2D eigenvalue weighted by atomic mass is 32.2. The van der Waals surface area contributed by atoms with Crippen molar-refractivity contribution in [2.45, 2.75) is 54.9 Å². The number of hydrogen-bond donors (Lipinski definition) is 1. The van der Waals surface area contributed by atoms with Crippen molar-refractivity contribution in [3.05, 3.63) is 42.2 Å². The van der Waals surface area contributed by atoms with E-state index in [1.807, 2.05) is 18.4 Å². The number of hydrogen-bond acceptors (Lipinski definition) is 6. The molecule has 1 aliphatic carbocycles. The summed E-state index contributed by atoms with van der Waals surface area (Å²) < 4.78 is 23.3. The van der Waals surface area contributed by atoms with Gasteiger partial charge in [-0.3, -0.25) is 4.72 Å². The SMILES string of the molecule is CCCCC1CN(c2ccc(F)cc2)c2cc(SC)c(OCC3(C=O)CC3)cc2SN1. The smallest absolute Gasteiger partial charge is 0.134 e. The Bertz CT molecular complexity index is 919. The van der Waals surface area contributed by atoms with Gasteiger partial charge in [-0.05, 0) is 73.9 Å². The van der Waals surface area contributed by atoms with Crippen LogP contribution in [0.1, 0.15) is 39.0 Å². The highest BCUT2D eigenvalue weighted by Gasteiger charge is 2.43. The lowest BCUT2D eigenvalue weighted by Crippen LogP contribution is -2.34. The van der Waals surface area contributed by atoms with E-state index >= 15 is 0 Å². The van der Waals surface area contributed by atoms with Crippen LogP contribution in [0.4, 0.5) is 15.8 Å². The molecule has 1 unspecified atom stereocenters. The second-order valence-electron chi connectivity index (χ2n) is 8.39. The zero-order chi connectivity index (χ0) is 21.8. The first-order valence-corrected chi connectivity index (χ1v) is 12.9. The molecule has 1 N–H and O–H groups in total. The second kappa shape index (κ2) is 9.84. The van der Waals surface area contributed by atoms with Gasteiger partial charge in [-0.1, -0.05) is 19.8 Å². The van der Waals surface area contributed by atoms with Crippen LogP contribution in [0.25, 0.3) is 0 Å². The Labute approximate surface area is 192 Å². The molecule has 2 aliphatic rings. The summed E-state index contributed by atoms with van der Waals surface area (Å²) in [5.74, 6) is 0.589. The first-order chi connectivity index (χ1) is 15.1. The van der Waals surface area contributed by atoms with E-state index < -0.39 is 0 Å². The van der Waals surface area contributed by atoms with Crippen LogP contribution in [0.2, 0.25) is 0 Å². The van der Waals surface area contributed by atoms with Gasteiger partial charge in [0.05, 0.1) is 20.9 Å². The summed E-state index contributed by atoms with van der Waals surface area (Å²) in [6.07, 6.45) is 8.28. The highest BCUT2D eigenvalue weighted by Crippen LogP contribution is 2.46. The molecule has 0 radical (unpaired) electrons. The number of thioether (sulfide) groups is 1. The number of fused-ring (bicyclic) bond motifs is 1. The van der Waals surface area contributed by atoms with Crippen LogP contribution in [0.15, 0.2) is 46.2 Å². The van der Waals surface area contributed by atoms with Gasteiger partial charge in [-0.15, -0.1) is 11.8 Å². The zero-order valence-electron chi connectivity index (χ0n) is 18.0. The van der Waals surface area contributed by atoms with Crippen molar-refractivity contribution in [2.75, 3.05) is 24.3 Å². The minimum absolute atomic E-state index is 0.230. The molecule has 31 heavy (non-hydrogen) atoms. The molecule has 0 aromatic heterocycles. The van der Waals surface area contributed by atoms with E-state index in [1.54, 1.807) is 23.7 Å². The molecule has 1 saturated carbocycles. The summed E-state index contributed by atoms with van der Waals surface area (Å²) in [5.41, 5.74) is 1.78. The van der Waals surface area contributed by atoms with Crippen LogP contribution in [0, 0.1) is 11.2 Å². The number of rotatable bonds is 9. The maximum Gasteiger partial charge on any atom is 0.134 e. The number of unbranched alkanes of at least 4 members (excludes halogenated alkanes) is 1. The van der Waals surface area contributed by atoms with Crippen LogP contribution < -0.4 is 14.4 Å². The van der Waals surface area contributed by atoms with Gasteiger partial charge >= 0.3 is 0 Å². The number of nitrogens with zero attached hydrogens (tertiary/aromatic N) is 1. The Morgan fingerprint density at radius 1 is 1.32 bits per heavy atom. The van der Waals surface area contributed by atoms with Crippen molar-refractivity contribution in [3.8, 4) is 5.75 Å². The molecule has 0 spiro atoms. The van der Waals surface area contributed by atoms with Crippen LogP contribution in [-0.2, 0) is 4.79 Å². The molecule has 1 heterocycles. The van der Waals surface area contributed by atoms with E-state index in [9.17, 15) is 9.18 Å². The number of ether oxygens (including phenoxy) is 1. The molecule has 2 aromatic rings. The summed E-state index contributed by atoms with van der Waals surface area (Å²) in [5, 5.41) is 0. The van der Waals surface area contributed by atoms with E-state index in [1.165, 1.54) is 12.1 Å². The summed E-state index contributed by atoms with van der Waals surface area (Å²) in [6.45, 7) is 3.45. The van der Waals surface area contributed by atoms with E-state index in [0.717, 1.165) is 71.9 Å². The van der Waals surface area contributed by atoms with Crippen molar-refractivity contribution in [1.82, 2.24) is 4.72 Å². The van der Waals surface area contributed by atoms with Gasteiger partial charge in [0.2, 0.25) is 0 Å². The summed E-state index contributed by atoms with van der Waals surface area (Å²) in [4.78, 5) is 15.8. The summed E-state index contributed by atoms with van der Waals surface area (Å²) in [6, 6.07) is 11.3. The average molecular weight is 461 g/mol. The fourth-order valence-corrected chi connectivity index (χ4v) is 5.22. The van der Waals surface area contributed by atoms with Crippen LogP contribution in [0.3, 0.4) is 0 Å². The first kappa shape index (κ1) is 22.5. The largest absolute Gasteiger partial charge is 0.491 e. The fourth-order valence-electron chi connectivity index (χ4n) is 3.74. The predicted octanol–water partition coefficient (Wildman–Crippen LogP) is 6.21.